The molecule has 0 aliphatic carbocycles. The molecular formula is C21H34FN3O4. The maximum Gasteiger partial charge on any atom is 0.243 e. The van der Waals surface area contributed by atoms with Crippen LogP contribution in [0.5, 0.6) is 0 Å². The summed E-state index contributed by atoms with van der Waals surface area (Å²) in [4.78, 5) is 35.9. The number of aliphatic hydroxyl groups is 1. The van der Waals surface area contributed by atoms with E-state index in [2.05, 4.69) is 23.8 Å². The monoisotopic (exact) mass is 411 g/mol. The van der Waals surface area contributed by atoms with E-state index in [1.54, 1.807) is 6.92 Å². The second kappa shape index (κ2) is 12.2. The molecule has 0 fully saturated rings. The molecular weight excluding hydrogens is 377 g/mol. The van der Waals surface area contributed by atoms with Crippen molar-refractivity contribution in [2.24, 2.45) is 17.1 Å². The van der Waals surface area contributed by atoms with E-state index in [-0.39, 0.29) is 37.3 Å². The van der Waals surface area contributed by atoms with Crippen LogP contribution >= 0.6 is 0 Å². The van der Waals surface area contributed by atoms with Gasteiger partial charge in [0, 0.05) is 18.9 Å². The summed E-state index contributed by atoms with van der Waals surface area (Å²) >= 11 is 0. The maximum absolute atomic E-state index is 13.5. The van der Waals surface area contributed by atoms with Gasteiger partial charge in [0.1, 0.15) is 11.9 Å². The predicted molar refractivity (Wildman–Crippen MR) is 111 cm³/mol. The van der Waals surface area contributed by atoms with Crippen LogP contribution in [0.2, 0.25) is 0 Å². The molecule has 5 N–H and O–H groups in total. The van der Waals surface area contributed by atoms with Gasteiger partial charge in [-0.25, -0.2) is 4.39 Å². The van der Waals surface area contributed by atoms with Gasteiger partial charge in [0.25, 0.3) is 0 Å². The normalized spacial score (nSPS) is 15.0. The van der Waals surface area contributed by atoms with Gasteiger partial charge < -0.3 is 21.5 Å². The summed E-state index contributed by atoms with van der Waals surface area (Å²) in [6.45, 7) is 13.7. The lowest BCUT2D eigenvalue weighted by Gasteiger charge is -2.30. The molecule has 0 saturated heterocycles. The van der Waals surface area contributed by atoms with Crippen LogP contribution in [0.4, 0.5) is 4.39 Å². The molecule has 0 aliphatic heterocycles. The van der Waals surface area contributed by atoms with E-state index in [9.17, 15) is 23.9 Å². The number of halogens is 1. The summed E-state index contributed by atoms with van der Waals surface area (Å²) in [5, 5.41) is 15.5. The minimum Gasteiger partial charge on any atom is -0.391 e. The van der Waals surface area contributed by atoms with E-state index >= 15 is 0 Å². The molecule has 0 bridgehead atoms. The lowest BCUT2D eigenvalue weighted by molar-refractivity contribution is -0.131. The van der Waals surface area contributed by atoms with Gasteiger partial charge in [-0.15, -0.1) is 0 Å². The Balaban J connectivity index is 5.01. The van der Waals surface area contributed by atoms with Crippen LogP contribution in [0.25, 0.3) is 0 Å². The Labute approximate surface area is 172 Å². The third-order valence-corrected chi connectivity index (χ3v) is 4.36. The van der Waals surface area contributed by atoms with Crippen LogP contribution in [0.15, 0.2) is 36.7 Å². The summed E-state index contributed by atoms with van der Waals surface area (Å²) in [5.74, 6) is -2.97. The first-order chi connectivity index (χ1) is 13.3. The van der Waals surface area contributed by atoms with Crippen LogP contribution in [0.3, 0.4) is 0 Å². The van der Waals surface area contributed by atoms with Gasteiger partial charge in [0.2, 0.25) is 17.7 Å². The fourth-order valence-electron chi connectivity index (χ4n) is 2.65. The van der Waals surface area contributed by atoms with Crippen molar-refractivity contribution in [3.63, 3.8) is 0 Å². The van der Waals surface area contributed by atoms with Crippen molar-refractivity contribution in [3.05, 3.63) is 36.7 Å². The molecule has 0 aromatic heterocycles. The quantitative estimate of drug-likeness (QED) is 0.366. The van der Waals surface area contributed by atoms with Crippen molar-refractivity contribution in [3.8, 4) is 0 Å². The average Bonchev–Trinajstić information content (AvgIpc) is 2.61. The summed E-state index contributed by atoms with van der Waals surface area (Å²) < 4.78 is 13.5. The van der Waals surface area contributed by atoms with Gasteiger partial charge in [-0.3, -0.25) is 14.4 Å². The van der Waals surface area contributed by atoms with Crippen LogP contribution in [-0.4, -0.2) is 41.5 Å². The number of allylic oxidation sites excluding steroid dienone is 4. The first kappa shape index (κ1) is 26.5. The highest BCUT2D eigenvalue weighted by atomic mass is 19.1. The first-order valence-electron chi connectivity index (χ1n) is 9.54. The van der Waals surface area contributed by atoms with Crippen molar-refractivity contribution in [1.82, 2.24) is 10.6 Å². The van der Waals surface area contributed by atoms with E-state index < -0.39 is 41.1 Å². The topological polar surface area (TPSA) is 122 Å². The predicted octanol–water partition coefficient (Wildman–Crippen LogP) is 1.88. The molecule has 0 aliphatic rings. The van der Waals surface area contributed by atoms with Crippen LogP contribution in [0, 0.1) is 11.3 Å². The summed E-state index contributed by atoms with van der Waals surface area (Å²) in [6, 6.07) is -0.786. The van der Waals surface area contributed by atoms with Gasteiger partial charge in [-0.05, 0) is 23.8 Å². The van der Waals surface area contributed by atoms with Crippen LogP contribution in [0.1, 0.15) is 47.0 Å². The highest BCUT2D eigenvalue weighted by Gasteiger charge is 2.32. The zero-order valence-electron chi connectivity index (χ0n) is 17.8. The molecule has 2 unspecified atom stereocenters. The Hall–Kier alpha value is -2.48. The Bertz CT molecular complexity index is 653. The molecule has 0 radical (unpaired) electrons. The third-order valence-electron chi connectivity index (χ3n) is 4.36. The Morgan fingerprint density at radius 3 is 2.28 bits per heavy atom. The first-order valence-corrected chi connectivity index (χ1v) is 9.54. The smallest absolute Gasteiger partial charge is 0.243 e. The SMILES string of the molecule is C=C/C=C(/CC(CC(O)CNC(=O)[C@@H](NC(=O)CC)C(C)(C)C)C(N)=O)C(=C)F. The number of carbonyl (C=O) groups excluding carboxylic acids is 3. The van der Waals surface area contributed by atoms with Gasteiger partial charge in [-0.1, -0.05) is 53.0 Å². The van der Waals surface area contributed by atoms with Crippen molar-refractivity contribution < 1.29 is 23.9 Å². The molecule has 0 aromatic carbocycles. The number of carbonyl (C=O) groups is 3. The Morgan fingerprint density at radius 1 is 1.28 bits per heavy atom. The van der Waals surface area contributed by atoms with Crippen molar-refractivity contribution >= 4 is 17.7 Å². The van der Waals surface area contributed by atoms with E-state index in [1.807, 2.05) is 20.8 Å². The minimum atomic E-state index is -1.09. The molecule has 0 heterocycles. The molecule has 8 heteroatoms. The molecule has 164 valence electrons. The number of hydrogen-bond donors (Lipinski definition) is 4. The number of nitrogens with two attached hydrogens (primary N) is 1. The van der Waals surface area contributed by atoms with Gasteiger partial charge in [-0.2, -0.15) is 0 Å². The van der Waals surface area contributed by atoms with E-state index in [4.69, 9.17) is 5.73 Å². The maximum atomic E-state index is 13.5. The number of hydrogen-bond acceptors (Lipinski definition) is 4. The fourth-order valence-corrected chi connectivity index (χ4v) is 2.65. The number of rotatable bonds is 12. The van der Waals surface area contributed by atoms with Gasteiger partial charge in [0.05, 0.1) is 6.10 Å². The van der Waals surface area contributed by atoms with Crippen molar-refractivity contribution in [1.29, 1.82) is 0 Å². The van der Waals surface area contributed by atoms with Crippen molar-refractivity contribution in [2.75, 3.05) is 6.54 Å². The van der Waals surface area contributed by atoms with Crippen LogP contribution in [-0.2, 0) is 14.4 Å². The lowest BCUT2D eigenvalue weighted by Crippen LogP contribution is -2.54. The average molecular weight is 412 g/mol. The highest BCUT2D eigenvalue weighted by Crippen LogP contribution is 2.23. The van der Waals surface area contributed by atoms with E-state index in [0.29, 0.717) is 0 Å². The molecule has 3 atom stereocenters. The third kappa shape index (κ3) is 10.0. The second-order valence-electron chi connectivity index (χ2n) is 7.99. The summed E-state index contributed by atoms with van der Waals surface area (Å²) in [6.07, 6.45) is 1.79. The second-order valence-corrected chi connectivity index (χ2v) is 7.99. The molecule has 0 saturated carbocycles. The zero-order valence-corrected chi connectivity index (χ0v) is 17.8. The molecule has 0 spiro atoms. The summed E-state index contributed by atoms with van der Waals surface area (Å²) in [7, 11) is 0. The molecule has 7 nitrogen and oxygen atoms in total. The highest BCUT2D eigenvalue weighted by molar-refractivity contribution is 5.88. The Kier molecular flexibility index (Phi) is 11.1. The molecule has 3 amide bonds. The summed E-state index contributed by atoms with van der Waals surface area (Å²) in [5.41, 5.74) is 4.99. The van der Waals surface area contributed by atoms with E-state index in [1.165, 1.54) is 12.2 Å². The standard InChI is InChI=1S/C21H34FN3O4/c1-7-9-14(13(3)22)10-15(19(23)28)11-16(26)12-24-20(29)18(21(4,5)6)25-17(27)8-2/h7,9,15-16,18,26H,1,3,8,10-12H2,2,4-6H3,(H2,23,28)(H,24,29)(H,25,27)/b14-9-/t15?,16?,18-/m1/s1. The van der Waals surface area contributed by atoms with Crippen LogP contribution < -0.4 is 16.4 Å². The Morgan fingerprint density at radius 2 is 1.86 bits per heavy atom. The number of primary amides is 1. The zero-order chi connectivity index (χ0) is 22.8. The molecule has 0 rings (SSSR count). The van der Waals surface area contributed by atoms with Gasteiger partial charge in [0.15, 0.2) is 0 Å². The number of nitrogens with one attached hydrogen (secondary N) is 2. The molecule has 0 aromatic rings. The number of aliphatic hydroxyl groups excluding tert-OH is 1. The van der Waals surface area contributed by atoms with E-state index in [0.717, 1.165) is 0 Å². The molecule has 29 heavy (non-hydrogen) atoms. The number of amides is 3. The minimum absolute atomic E-state index is 0.0428. The largest absolute Gasteiger partial charge is 0.391 e. The van der Waals surface area contributed by atoms with Crippen molar-refractivity contribution in [2.45, 2.75) is 59.1 Å². The van der Waals surface area contributed by atoms with Gasteiger partial charge >= 0.3 is 0 Å². The lowest BCUT2D eigenvalue weighted by atomic mass is 9.86. The fraction of sp³-hybridized carbons (Fsp3) is 0.571.